The molecule has 0 aliphatic carbocycles. The molecule has 0 radical (unpaired) electrons. The van der Waals surface area contributed by atoms with Crippen LogP contribution < -0.4 is 5.43 Å². The van der Waals surface area contributed by atoms with Gasteiger partial charge < -0.3 is 10.2 Å². The number of hydrogen-bond donors (Lipinski definition) is 3. The Hall–Kier alpha value is -2.83. The second kappa shape index (κ2) is 7.59. The van der Waals surface area contributed by atoms with Crippen molar-refractivity contribution in [3.8, 4) is 22.9 Å². The van der Waals surface area contributed by atoms with E-state index in [-0.39, 0.29) is 16.5 Å². The minimum absolute atomic E-state index is 0.0889. The molecular weight excluding hydrogens is 375 g/mol. The molecule has 8 heteroatoms. The zero-order chi connectivity index (χ0) is 18.7. The van der Waals surface area contributed by atoms with E-state index >= 15 is 0 Å². The molecule has 0 saturated carbocycles. The Morgan fingerprint density at radius 1 is 1.08 bits per heavy atom. The molecule has 0 spiro atoms. The first-order chi connectivity index (χ1) is 12.4. The highest BCUT2D eigenvalue weighted by atomic mass is 35.5. The molecule has 0 fully saturated rings. The van der Waals surface area contributed by atoms with Gasteiger partial charge in [-0.3, -0.25) is 5.43 Å². The highest BCUT2D eigenvalue weighted by molar-refractivity contribution is 6.36. The van der Waals surface area contributed by atoms with Gasteiger partial charge in [-0.05, 0) is 31.2 Å². The molecule has 0 saturated heterocycles. The Balaban J connectivity index is 1.86. The van der Waals surface area contributed by atoms with Crippen LogP contribution in [0.4, 0.5) is 5.82 Å². The second-order valence-corrected chi connectivity index (χ2v) is 6.27. The maximum absolute atomic E-state index is 9.97. The Kier molecular flexibility index (Phi) is 5.25. The molecule has 2 aromatic carbocycles. The number of benzene rings is 2. The molecule has 0 atom stereocenters. The number of aromatic nitrogens is 2. The van der Waals surface area contributed by atoms with Crippen LogP contribution >= 0.6 is 23.2 Å². The number of hydrogen-bond acceptors (Lipinski definition) is 6. The summed E-state index contributed by atoms with van der Waals surface area (Å²) in [6.45, 7) is 1.81. The minimum atomic E-state index is -0.115. The normalized spacial score (nSPS) is 11.0. The zero-order valence-corrected chi connectivity index (χ0v) is 15.1. The summed E-state index contributed by atoms with van der Waals surface area (Å²) in [4.78, 5) is 8.67. The summed E-state index contributed by atoms with van der Waals surface area (Å²) in [5.74, 6) is 0.774. The van der Waals surface area contributed by atoms with Gasteiger partial charge in [0.2, 0.25) is 0 Å². The topological polar surface area (TPSA) is 90.6 Å². The lowest BCUT2D eigenvalue weighted by Gasteiger charge is -2.07. The lowest BCUT2D eigenvalue weighted by molar-refractivity contribution is 0.474. The number of phenols is 2. The summed E-state index contributed by atoms with van der Waals surface area (Å²) in [6.07, 6.45) is 1.38. The molecule has 0 aliphatic rings. The summed E-state index contributed by atoms with van der Waals surface area (Å²) in [5.41, 5.74) is 4.35. The van der Waals surface area contributed by atoms with Gasteiger partial charge in [0.05, 0.1) is 16.8 Å². The first kappa shape index (κ1) is 18.0. The predicted octanol–water partition coefficient (Wildman–Crippen LogP) is 4.62. The molecule has 6 nitrogen and oxygen atoms in total. The lowest BCUT2D eigenvalue weighted by Crippen LogP contribution is -1.99. The quantitative estimate of drug-likeness (QED) is 0.448. The largest absolute Gasteiger partial charge is 0.507 e. The molecule has 3 N–H and O–H groups in total. The van der Waals surface area contributed by atoms with E-state index in [1.807, 2.05) is 6.92 Å². The number of aromatic hydroxyl groups is 2. The molecule has 3 rings (SSSR count). The first-order valence-corrected chi connectivity index (χ1v) is 8.31. The van der Waals surface area contributed by atoms with Crippen molar-refractivity contribution in [1.82, 2.24) is 9.97 Å². The second-order valence-electron chi connectivity index (χ2n) is 5.43. The minimum Gasteiger partial charge on any atom is -0.507 e. The van der Waals surface area contributed by atoms with E-state index in [1.165, 1.54) is 18.3 Å². The zero-order valence-electron chi connectivity index (χ0n) is 13.6. The van der Waals surface area contributed by atoms with Gasteiger partial charge in [-0.15, -0.1) is 0 Å². The third-order valence-electron chi connectivity index (χ3n) is 3.44. The van der Waals surface area contributed by atoms with Gasteiger partial charge in [-0.2, -0.15) is 5.10 Å². The standard InChI is InChI=1S/C18H14Cl2N4O2/c1-10-6-16(23-18(22-10)13-4-2-3-5-15(13)25)24-21-9-11-7-12(19)8-14(20)17(11)26/h2-9,25-26H,1H3,(H,22,23,24). The molecule has 1 aromatic heterocycles. The number of halogens is 2. The molecule has 0 unspecified atom stereocenters. The summed E-state index contributed by atoms with van der Waals surface area (Å²) in [7, 11) is 0. The highest BCUT2D eigenvalue weighted by Crippen LogP contribution is 2.30. The number of rotatable bonds is 4. The van der Waals surface area contributed by atoms with E-state index in [4.69, 9.17) is 23.2 Å². The monoisotopic (exact) mass is 388 g/mol. The van der Waals surface area contributed by atoms with Crippen molar-refractivity contribution in [2.75, 3.05) is 5.43 Å². The number of nitrogens with one attached hydrogen (secondary N) is 1. The Bertz CT molecular complexity index is 993. The van der Waals surface area contributed by atoms with Gasteiger partial charge in [0.25, 0.3) is 0 Å². The van der Waals surface area contributed by atoms with Gasteiger partial charge >= 0.3 is 0 Å². The first-order valence-electron chi connectivity index (χ1n) is 7.55. The van der Waals surface area contributed by atoms with Crippen molar-refractivity contribution in [2.24, 2.45) is 5.10 Å². The van der Waals surface area contributed by atoms with E-state index < -0.39 is 0 Å². The van der Waals surface area contributed by atoms with Crippen molar-refractivity contribution in [2.45, 2.75) is 6.92 Å². The average Bonchev–Trinajstić information content (AvgIpc) is 2.59. The van der Waals surface area contributed by atoms with E-state index in [1.54, 1.807) is 30.3 Å². The lowest BCUT2D eigenvalue weighted by atomic mass is 10.2. The highest BCUT2D eigenvalue weighted by Gasteiger charge is 2.09. The molecular formula is C18H14Cl2N4O2. The fourth-order valence-corrected chi connectivity index (χ4v) is 2.77. The smallest absolute Gasteiger partial charge is 0.165 e. The van der Waals surface area contributed by atoms with Crippen molar-refractivity contribution in [1.29, 1.82) is 0 Å². The van der Waals surface area contributed by atoms with Crippen LogP contribution in [-0.2, 0) is 0 Å². The van der Waals surface area contributed by atoms with Crippen LogP contribution in [0.15, 0.2) is 47.6 Å². The number of phenolic OH excluding ortho intramolecular Hbond substituents is 2. The molecule has 132 valence electrons. The van der Waals surface area contributed by atoms with Crippen LogP contribution in [0.1, 0.15) is 11.3 Å². The van der Waals surface area contributed by atoms with Crippen LogP contribution in [0.5, 0.6) is 11.5 Å². The van der Waals surface area contributed by atoms with E-state index in [9.17, 15) is 10.2 Å². The van der Waals surface area contributed by atoms with Gasteiger partial charge in [0.15, 0.2) is 11.6 Å². The number of nitrogens with zero attached hydrogens (tertiary/aromatic N) is 3. The molecule has 3 aromatic rings. The van der Waals surface area contributed by atoms with E-state index in [0.29, 0.717) is 33.5 Å². The molecule has 0 bridgehead atoms. The van der Waals surface area contributed by atoms with Crippen molar-refractivity contribution < 1.29 is 10.2 Å². The predicted molar refractivity (Wildman–Crippen MR) is 103 cm³/mol. The molecule has 1 heterocycles. The van der Waals surface area contributed by atoms with Crippen molar-refractivity contribution in [3.63, 3.8) is 0 Å². The Labute approximate surface area is 159 Å². The Morgan fingerprint density at radius 3 is 2.62 bits per heavy atom. The average molecular weight is 389 g/mol. The van der Waals surface area contributed by atoms with Crippen LogP contribution in [0, 0.1) is 6.92 Å². The van der Waals surface area contributed by atoms with Gasteiger partial charge in [0.1, 0.15) is 11.5 Å². The van der Waals surface area contributed by atoms with E-state index in [2.05, 4.69) is 20.5 Å². The third-order valence-corrected chi connectivity index (χ3v) is 3.95. The summed E-state index contributed by atoms with van der Waals surface area (Å²) < 4.78 is 0. The maximum atomic E-state index is 9.97. The fourth-order valence-electron chi connectivity index (χ4n) is 2.26. The van der Waals surface area contributed by atoms with Crippen molar-refractivity contribution in [3.05, 3.63) is 63.8 Å². The van der Waals surface area contributed by atoms with E-state index in [0.717, 1.165) is 0 Å². The van der Waals surface area contributed by atoms with Gasteiger partial charge in [-0.25, -0.2) is 9.97 Å². The number of hydrazone groups is 1. The summed E-state index contributed by atoms with van der Waals surface area (Å²) >= 11 is 11.8. The summed E-state index contributed by atoms with van der Waals surface area (Å²) in [6, 6.07) is 11.5. The Morgan fingerprint density at radius 2 is 1.85 bits per heavy atom. The van der Waals surface area contributed by atoms with Crippen LogP contribution in [-0.4, -0.2) is 26.4 Å². The molecule has 26 heavy (non-hydrogen) atoms. The van der Waals surface area contributed by atoms with Crippen LogP contribution in [0.2, 0.25) is 10.0 Å². The van der Waals surface area contributed by atoms with Gasteiger partial charge in [-0.1, -0.05) is 35.3 Å². The van der Waals surface area contributed by atoms with Crippen LogP contribution in [0.25, 0.3) is 11.4 Å². The third kappa shape index (κ3) is 4.04. The molecule has 0 amide bonds. The number of anilines is 1. The fraction of sp³-hybridized carbons (Fsp3) is 0.0556. The van der Waals surface area contributed by atoms with Crippen LogP contribution in [0.3, 0.4) is 0 Å². The summed E-state index contributed by atoms with van der Waals surface area (Å²) in [5, 5.41) is 24.5. The maximum Gasteiger partial charge on any atom is 0.165 e. The van der Waals surface area contributed by atoms with Crippen molar-refractivity contribution >= 4 is 35.2 Å². The van der Waals surface area contributed by atoms with Gasteiger partial charge in [0, 0.05) is 22.3 Å². The number of aryl methyl sites for hydroxylation is 1. The number of para-hydroxylation sites is 1. The SMILES string of the molecule is Cc1cc(NN=Cc2cc(Cl)cc(Cl)c2O)nc(-c2ccccc2O)n1. The molecule has 0 aliphatic heterocycles.